The van der Waals surface area contributed by atoms with Gasteiger partial charge < -0.3 is 28.4 Å². The molecular weight excluding hydrogens is 621 g/mol. The summed E-state index contributed by atoms with van der Waals surface area (Å²) in [4.78, 5) is 1.08. The van der Waals surface area contributed by atoms with E-state index in [1.165, 1.54) is 0 Å². The fourth-order valence-corrected chi connectivity index (χ4v) is 6.77. The average molecular weight is 663 g/mol. The second-order valence-electron chi connectivity index (χ2n) is 11.6. The molecule has 0 amide bonds. The molecule has 1 aliphatic heterocycles. The van der Waals surface area contributed by atoms with Gasteiger partial charge in [0.15, 0.2) is 0 Å². The second kappa shape index (κ2) is 18.0. The third-order valence-electron chi connectivity index (χ3n) is 8.15. The molecule has 0 spiro atoms. The summed E-state index contributed by atoms with van der Waals surface area (Å²) >= 11 is 1.63. The van der Waals surface area contributed by atoms with Gasteiger partial charge in [0.2, 0.25) is 0 Å². The van der Waals surface area contributed by atoms with E-state index in [4.69, 9.17) is 28.4 Å². The van der Waals surface area contributed by atoms with E-state index < -0.39 is 24.4 Å². The zero-order chi connectivity index (χ0) is 32.8. The molecule has 5 atom stereocenters. The second-order valence-corrected chi connectivity index (χ2v) is 12.8. The van der Waals surface area contributed by atoms with Crippen molar-refractivity contribution in [2.24, 2.45) is 0 Å². The highest BCUT2D eigenvalue weighted by Crippen LogP contribution is 2.38. The maximum atomic E-state index is 6.93. The predicted molar refractivity (Wildman–Crippen MR) is 189 cm³/mol. The fourth-order valence-electron chi connectivity index (χ4n) is 5.62. The molecule has 1 aliphatic rings. The van der Waals surface area contributed by atoms with E-state index >= 15 is 0 Å². The predicted octanol–water partition coefficient (Wildman–Crippen LogP) is 8.49. The molecular formula is C41H42O6S. The lowest BCUT2D eigenvalue weighted by molar-refractivity contribution is -0.254. The summed E-state index contributed by atoms with van der Waals surface area (Å²) in [6.45, 7) is 1.96. The minimum absolute atomic E-state index is 0.327. The largest absolute Gasteiger partial charge is 0.497 e. The van der Waals surface area contributed by atoms with Crippen molar-refractivity contribution in [3.05, 3.63) is 168 Å². The monoisotopic (exact) mass is 662 g/mol. The zero-order valence-corrected chi connectivity index (χ0v) is 28.0. The van der Waals surface area contributed by atoms with Crippen LogP contribution in [0.3, 0.4) is 0 Å². The van der Waals surface area contributed by atoms with Gasteiger partial charge in [-0.2, -0.15) is 0 Å². The van der Waals surface area contributed by atoms with Crippen molar-refractivity contribution in [2.45, 2.75) is 61.2 Å². The number of ether oxygens (including phenoxy) is 6. The number of hydrogen-bond acceptors (Lipinski definition) is 7. The van der Waals surface area contributed by atoms with Gasteiger partial charge >= 0.3 is 0 Å². The van der Waals surface area contributed by atoms with Crippen LogP contribution >= 0.6 is 11.8 Å². The van der Waals surface area contributed by atoms with Crippen molar-refractivity contribution in [1.29, 1.82) is 0 Å². The third-order valence-corrected chi connectivity index (χ3v) is 9.31. The maximum Gasteiger partial charge on any atom is 0.137 e. The van der Waals surface area contributed by atoms with Gasteiger partial charge in [-0.25, -0.2) is 0 Å². The highest BCUT2D eigenvalue weighted by atomic mass is 32.2. The standard InChI is InChI=1S/C41H42O6S/c1-42-35-24-22-34(23-25-35)29-45-39-38(44-27-32-16-8-3-9-17-32)37(30-43-26-31-14-6-2-7-15-31)47-41(48-36-20-12-5-13-21-36)40(39)46-28-33-18-10-4-11-19-33/h2-25,37-41H,26-30H2,1H3/t37-,38+,39+,40-,41+/m1/s1. The summed E-state index contributed by atoms with van der Waals surface area (Å²) in [7, 11) is 1.67. The molecule has 248 valence electrons. The van der Waals surface area contributed by atoms with E-state index in [0.29, 0.717) is 33.0 Å². The van der Waals surface area contributed by atoms with Crippen LogP contribution in [0.2, 0.25) is 0 Å². The van der Waals surface area contributed by atoms with Gasteiger partial charge in [-0.15, -0.1) is 0 Å². The molecule has 1 heterocycles. The molecule has 0 unspecified atom stereocenters. The van der Waals surface area contributed by atoms with Gasteiger partial charge in [0.05, 0.1) is 40.1 Å². The molecule has 0 aliphatic carbocycles. The van der Waals surface area contributed by atoms with Crippen LogP contribution < -0.4 is 4.74 Å². The highest BCUT2D eigenvalue weighted by molar-refractivity contribution is 7.99. The zero-order valence-electron chi connectivity index (χ0n) is 27.1. The molecule has 7 heteroatoms. The lowest BCUT2D eigenvalue weighted by atomic mass is 9.98. The Morgan fingerprint density at radius 1 is 0.500 bits per heavy atom. The minimum Gasteiger partial charge on any atom is -0.497 e. The molecule has 6 nitrogen and oxygen atoms in total. The molecule has 0 aromatic heterocycles. The van der Waals surface area contributed by atoms with E-state index in [1.807, 2.05) is 97.1 Å². The summed E-state index contributed by atoms with van der Waals surface area (Å²) in [5.74, 6) is 0.799. The number of thioether (sulfide) groups is 1. The Hall–Kier alpha value is -3.95. The topological polar surface area (TPSA) is 55.4 Å². The van der Waals surface area contributed by atoms with Crippen molar-refractivity contribution >= 4 is 11.8 Å². The number of methoxy groups -OCH3 is 1. The van der Waals surface area contributed by atoms with Crippen LogP contribution in [0.25, 0.3) is 0 Å². The molecule has 1 saturated heterocycles. The van der Waals surface area contributed by atoms with Crippen molar-refractivity contribution in [3.63, 3.8) is 0 Å². The molecule has 0 bridgehead atoms. The molecule has 5 aromatic rings. The van der Waals surface area contributed by atoms with Crippen LogP contribution in [0.4, 0.5) is 0 Å². The maximum absolute atomic E-state index is 6.93. The number of benzene rings is 5. The van der Waals surface area contributed by atoms with Gasteiger partial charge in [0, 0.05) is 4.90 Å². The van der Waals surface area contributed by atoms with E-state index in [-0.39, 0.29) is 5.44 Å². The first kappa shape index (κ1) is 33.9. The molecule has 1 fully saturated rings. The highest BCUT2D eigenvalue weighted by Gasteiger charge is 2.49. The van der Waals surface area contributed by atoms with Gasteiger partial charge in [-0.1, -0.05) is 133 Å². The van der Waals surface area contributed by atoms with Crippen molar-refractivity contribution in [1.82, 2.24) is 0 Å². The molecule has 0 radical (unpaired) electrons. The minimum atomic E-state index is -0.479. The van der Waals surface area contributed by atoms with Crippen LogP contribution in [-0.2, 0) is 50.1 Å². The molecule has 0 saturated carbocycles. The lowest BCUT2D eigenvalue weighted by Gasteiger charge is -2.46. The Labute approximate surface area is 287 Å². The molecule has 6 rings (SSSR count). The van der Waals surface area contributed by atoms with Gasteiger partial charge in [-0.05, 0) is 46.5 Å². The third kappa shape index (κ3) is 9.80. The van der Waals surface area contributed by atoms with Crippen molar-refractivity contribution in [2.75, 3.05) is 13.7 Å². The van der Waals surface area contributed by atoms with E-state index in [2.05, 4.69) is 48.5 Å². The van der Waals surface area contributed by atoms with Crippen LogP contribution in [0, 0.1) is 0 Å². The fraction of sp³-hybridized carbons (Fsp3) is 0.268. The Kier molecular flexibility index (Phi) is 12.7. The average Bonchev–Trinajstić information content (AvgIpc) is 3.15. The smallest absolute Gasteiger partial charge is 0.137 e. The Balaban J connectivity index is 1.31. The first-order valence-electron chi connectivity index (χ1n) is 16.3. The molecule has 5 aromatic carbocycles. The van der Waals surface area contributed by atoms with Gasteiger partial charge in [0.25, 0.3) is 0 Å². The molecule has 0 N–H and O–H groups in total. The van der Waals surface area contributed by atoms with Crippen molar-refractivity contribution in [3.8, 4) is 5.75 Å². The van der Waals surface area contributed by atoms with Crippen molar-refractivity contribution < 1.29 is 28.4 Å². The SMILES string of the molecule is COc1ccc(CO[C@H]2[C@@H](OCc3ccccc3)[C@@H](COCc3ccccc3)O[C@@H](Sc3ccccc3)[C@@H]2OCc2ccccc2)cc1. The first-order valence-corrected chi connectivity index (χ1v) is 17.2. The Morgan fingerprint density at radius 2 is 0.958 bits per heavy atom. The summed E-state index contributed by atoms with van der Waals surface area (Å²) in [6, 6.07) is 48.8. The first-order chi connectivity index (χ1) is 23.7. The van der Waals surface area contributed by atoms with Crippen LogP contribution in [0.15, 0.2) is 150 Å². The summed E-state index contributed by atoms with van der Waals surface area (Å²) in [6.07, 6.45) is -1.83. The number of rotatable bonds is 16. The van der Waals surface area contributed by atoms with Crippen LogP contribution in [0.1, 0.15) is 22.3 Å². The molecule has 48 heavy (non-hydrogen) atoms. The Morgan fingerprint density at radius 3 is 1.50 bits per heavy atom. The lowest BCUT2D eigenvalue weighted by Crippen LogP contribution is -2.60. The summed E-state index contributed by atoms with van der Waals surface area (Å²) < 4.78 is 39.1. The Bertz CT molecular complexity index is 1610. The van der Waals surface area contributed by atoms with E-state index in [9.17, 15) is 0 Å². The van der Waals surface area contributed by atoms with Gasteiger partial charge in [0.1, 0.15) is 35.6 Å². The summed E-state index contributed by atoms with van der Waals surface area (Å²) in [5.41, 5.74) is 3.87. The number of hydrogen-bond donors (Lipinski definition) is 0. The van der Waals surface area contributed by atoms with E-state index in [1.54, 1.807) is 18.9 Å². The van der Waals surface area contributed by atoms with Crippen LogP contribution in [0.5, 0.6) is 5.75 Å². The normalized spacial score (nSPS) is 20.7. The van der Waals surface area contributed by atoms with Gasteiger partial charge in [-0.3, -0.25) is 0 Å². The quantitative estimate of drug-likeness (QED) is 0.105. The van der Waals surface area contributed by atoms with Crippen LogP contribution in [-0.4, -0.2) is 43.6 Å². The summed E-state index contributed by atoms with van der Waals surface area (Å²) in [5, 5.41) is 0. The van der Waals surface area contributed by atoms with E-state index in [0.717, 1.165) is 32.9 Å².